The summed E-state index contributed by atoms with van der Waals surface area (Å²) in [7, 11) is 0. The lowest BCUT2D eigenvalue weighted by Gasteiger charge is -2.29. The summed E-state index contributed by atoms with van der Waals surface area (Å²) in [6.45, 7) is 1.63. The highest BCUT2D eigenvalue weighted by Crippen LogP contribution is 2.26. The number of nitrogens with one attached hydrogen (secondary N) is 1. The summed E-state index contributed by atoms with van der Waals surface area (Å²) in [5.41, 5.74) is 3.86. The van der Waals surface area contributed by atoms with Crippen molar-refractivity contribution in [1.29, 1.82) is 0 Å². The third-order valence-corrected chi connectivity index (χ3v) is 4.42. The first kappa shape index (κ1) is 19.3. The fourth-order valence-corrected chi connectivity index (χ4v) is 3.05. The topological polar surface area (TPSA) is 97.1 Å². The number of carbonyl (C=O) groups excluding carboxylic acids is 1. The van der Waals surface area contributed by atoms with Crippen molar-refractivity contribution in [2.24, 2.45) is 5.10 Å². The van der Waals surface area contributed by atoms with Crippen LogP contribution in [0.5, 0.6) is 5.75 Å². The maximum atomic E-state index is 11.9. The number of hydrogen-bond donors (Lipinski definition) is 1. The monoisotopic (exact) mass is 382 g/mol. The Kier molecular flexibility index (Phi) is 6.56. The maximum Gasteiger partial charge on any atom is 0.277 e. The van der Waals surface area contributed by atoms with Crippen LogP contribution in [0, 0.1) is 10.1 Å². The summed E-state index contributed by atoms with van der Waals surface area (Å²) in [6, 6.07) is 13.7. The Labute approximate surface area is 163 Å². The van der Waals surface area contributed by atoms with Gasteiger partial charge >= 0.3 is 0 Å². The quantitative estimate of drug-likeness (QED) is 0.451. The van der Waals surface area contributed by atoms with Gasteiger partial charge in [0.1, 0.15) is 5.75 Å². The highest BCUT2D eigenvalue weighted by molar-refractivity contribution is 5.90. The zero-order chi connectivity index (χ0) is 19.8. The minimum Gasteiger partial charge on any atom is -0.484 e. The molecule has 0 spiro atoms. The number of para-hydroxylation sites is 1. The van der Waals surface area contributed by atoms with Crippen LogP contribution < -0.4 is 15.1 Å². The van der Waals surface area contributed by atoms with E-state index in [0.29, 0.717) is 11.3 Å². The van der Waals surface area contributed by atoms with Gasteiger partial charge in [-0.25, -0.2) is 5.43 Å². The van der Waals surface area contributed by atoms with Crippen molar-refractivity contribution in [3.8, 4) is 5.75 Å². The molecular formula is C20H22N4O4. The van der Waals surface area contributed by atoms with Crippen molar-refractivity contribution < 1.29 is 14.5 Å². The predicted octanol–water partition coefficient (Wildman–Crippen LogP) is 3.11. The van der Waals surface area contributed by atoms with Gasteiger partial charge < -0.3 is 9.64 Å². The molecule has 0 aliphatic carbocycles. The lowest BCUT2D eigenvalue weighted by atomic mass is 10.1. The Morgan fingerprint density at radius 3 is 2.64 bits per heavy atom. The first-order valence-electron chi connectivity index (χ1n) is 9.16. The van der Waals surface area contributed by atoms with Crippen molar-refractivity contribution in [2.75, 3.05) is 24.6 Å². The molecule has 2 aromatic carbocycles. The van der Waals surface area contributed by atoms with Crippen molar-refractivity contribution in [3.05, 3.63) is 64.2 Å². The van der Waals surface area contributed by atoms with E-state index in [1.54, 1.807) is 18.2 Å². The number of carbonyl (C=O) groups is 1. The Balaban J connectivity index is 1.66. The number of hydrogen-bond acceptors (Lipinski definition) is 6. The van der Waals surface area contributed by atoms with Gasteiger partial charge in [0.25, 0.3) is 11.6 Å². The van der Waals surface area contributed by atoms with Gasteiger partial charge in [0.2, 0.25) is 0 Å². The van der Waals surface area contributed by atoms with Crippen molar-refractivity contribution in [2.45, 2.75) is 19.3 Å². The molecule has 0 bridgehead atoms. The number of nitro groups is 1. The van der Waals surface area contributed by atoms with Crippen molar-refractivity contribution in [3.63, 3.8) is 0 Å². The van der Waals surface area contributed by atoms with Crippen LogP contribution in [0.15, 0.2) is 53.6 Å². The highest BCUT2D eigenvalue weighted by Gasteiger charge is 2.17. The van der Waals surface area contributed by atoms with E-state index in [0.717, 1.165) is 31.6 Å². The van der Waals surface area contributed by atoms with Gasteiger partial charge in [-0.3, -0.25) is 14.9 Å². The second-order valence-corrected chi connectivity index (χ2v) is 6.44. The first-order chi connectivity index (χ1) is 13.6. The third-order valence-electron chi connectivity index (χ3n) is 4.42. The van der Waals surface area contributed by atoms with Crippen LogP contribution in [-0.4, -0.2) is 36.7 Å². The van der Waals surface area contributed by atoms with Crippen LogP contribution in [0.25, 0.3) is 0 Å². The normalized spacial score (nSPS) is 14.1. The number of ether oxygens (including phenoxy) is 1. The molecule has 1 aliphatic heterocycles. The minimum atomic E-state index is -0.441. The molecule has 8 nitrogen and oxygen atoms in total. The second-order valence-electron chi connectivity index (χ2n) is 6.44. The van der Waals surface area contributed by atoms with Gasteiger partial charge in [-0.05, 0) is 37.5 Å². The lowest BCUT2D eigenvalue weighted by Crippen LogP contribution is -2.30. The fraction of sp³-hybridized carbons (Fsp3) is 0.300. The fourth-order valence-electron chi connectivity index (χ4n) is 3.05. The predicted molar refractivity (Wildman–Crippen MR) is 107 cm³/mol. The summed E-state index contributed by atoms with van der Waals surface area (Å²) in [4.78, 5) is 24.8. The number of piperidine rings is 1. The second kappa shape index (κ2) is 9.50. The zero-order valence-electron chi connectivity index (χ0n) is 15.4. The molecule has 1 N–H and O–H groups in total. The van der Waals surface area contributed by atoms with Crippen molar-refractivity contribution >= 4 is 23.5 Å². The molecule has 28 heavy (non-hydrogen) atoms. The molecule has 1 heterocycles. The molecule has 1 saturated heterocycles. The lowest BCUT2D eigenvalue weighted by molar-refractivity contribution is -0.384. The Morgan fingerprint density at radius 1 is 1.18 bits per heavy atom. The number of non-ortho nitro benzene ring substituents is 1. The molecule has 146 valence electrons. The van der Waals surface area contributed by atoms with E-state index >= 15 is 0 Å². The van der Waals surface area contributed by atoms with E-state index in [4.69, 9.17) is 4.74 Å². The van der Waals surface area contributed by atoms with Crippen LogP contribution in [0.1, 0.15) is 24.8 Å². The summed E-state index contributed by atoms with van der Waals surface area (Å²) in [5.74, 6) is 0.178. The number of hydrazone groups is 1. The molecule has 1 aliphatic rings. The highest BCUT2D eigenvalue weighted by atomic mass is 16.6. The third kappa shape index (κ3) is 5.29. The molecular weight excluding hydrogens is 360 g/mol. The molecule has 1 amide bonds. The van der Waals surface area contributed by atoms with Crippen LogP contribution in [0.4, 0.5) is 11.4 Å². The molecule has 0 unspecified atom stereocenters. The molecule has 0 radical (unpaired) electrons. The first-order valence-corrected chi connectivity index (χ1v) is 9.16. The van der Waals surface area contributed by atoms with Crippen molar-refractivity contribution in [1.82, 2.24) is 5.43 Å². The molecule has 2 aromatic rings. The van der Waals surface area contributed by atoms with E-state index in [2.05, 4.69) is 15.4 Å². The largest absolute Gasteiger partial charge is 0.484 e. The SMILES string of the molecule is O=C(COc1ccccc1)N/N=C\c1cc([N+](=O)[O-])ccc1N1CCCCC1. The molecule has 1 fully saturated rings. The standard InChI is InChI=1S/C20H22N4O4/c25-20(15-28-18-7-3-1-4-8-18)22-21-14-16-13-17(24(26)27)9-10-19(16)23-11-5-2-6-12-23/h1,3-4,7-10,13-14H,2,5-6,11-12,15H2,(H,22,25)/b21-14-. The van der Waals surface area contributed by atoms with Gasteiger partial charge in [0, 0.05) is 36.5 Å². The molecule has 0 saturated carbocycles. The van der Waals surface area contributed by atoms with E-state index in [1.807, 2.05) is 18.2 Å². The zero-order valence-corrected chi connectivity index (χ0v) is 15.4. The molecule has 0 aromatic heterocycles. The number of nitro benzene ring substituents is 1. The van der Waals surface area contributed by atoms with E-state index < -0.39 is 10.8 Å². The van der Waals surface area contributed by atoms with E-state index in [1.165, 1.54) is 24.8 Å². The van der Waals surface area contributed by atoms with E-state index in [-0.39, 0.29) is 12.3 Å². The summed E-state index contributed by atoms with van der Waals surface area (Å²) < 4.78 is 5.36. The Hall–Kier alpha value is -3.42. The van der Waals surface area contributed by atoms with Crippen LogP contribution in [0.3, 0.4) is 0 Å². The average Bonchev–Trinajstić information content (AvgIpc) is 2.73. The van der Waals surface area contributed by atoms with Crippen LogP contribution >= 0.6 is 0 Å². The maximum absolute atomic E-state index is 11.9. The number of amides is 1. The summed E-state index contributed by atoms with van der Waals surface area (Å²) >= 11 is 0. The van der Waals surface area contributed by atoms with Gasteiger partial charge in [-0.15, -0.1) is 0 Å². The molecule has 0 atom stereocenters. The van der Waals surface area contributed by atoms with Gasteiger partial charge in [-0.2, -0.15) is 5.10 Å². The number of anilines is 1. The Bertz CT molecular complexity index is 849. The number of benzene rings is 2. The van der Waals surface area contributed by atoms with Gasteiger partial charge in [-0.1, -0.05) is 18.2 Å². The summed E-state index contributed by atoms with van der Waals surface area (Å²) in [6.07, 6.45) is 4.80. The Morgan fingerprint density at radius 2 is 1.93 bits per heavy atom. The van der Waals surface area contributed by atoms with E-state index in [9.17, 15) is 14.9 Å². The van der Waals surface area contributed by atoms with Gasteiger partial charge in [0.05, 0.1) is 11.1 Å². The van der Waals surface area contributed by atoms with Gasteiger partial charge in [0.15, 0.2) is 6.61 Å². The summed E-state index contributed by atoms with van der Waals surface area (Å²) in [5, 5.41) is 15.1. The molecule has 3 rings (SSSR count). The smallest absolute Gasteiger partial charge is 0.277 e. The van der Waals surface area contributed by atoms with Crippen LogP contribution in [-0.2, 0) is 4.79 Å². The number of rotatable bonds is 7. The molecule has 8 heteroatoms. The number of nitrogens with zero attached hydrogens (tertiary/aromatic N) is 3. The average molecular weight is 382 g/mol. The minimum absolute atomic E-state index is 0.0130. The van der Waals surface area contributed by atoms with Crippen LogP contribution in [0.2, 0.25) is 0 Å².